The van der Waals surface area contributed by atoms with Crippen molar-refractivity contribution in [3.63, 3.8) is 0 Å². The Hall–Kier alpha value is -2.17. The number of carbonyl (C=O) groups excluding carboxylic acids is 1. The van der Waals surface area contributed by atoms with Gasteiger partial charge in [0.1, 0.15) is 0 Å². The third kappa shape index (κ3) is 3.81. The van der Waals surface area contributed by atoms with Crippen molar-refractivity contribution in [2.24, 2.45) is 17.8 Å². The first-order valence-electron chi connectivity index (χ1n) is 9.34. The molecule has 2 saturated carbocycles. The topological polar surface area (TPSA) is 56.8 Å². The van der Waals surface area contributed by atoms with Gasteiger partial charge < -0.3 is 19.5 Å². The molecular formula is C21H29NO4. The third-order valence-electron chi connectivity index (χ3n) is 5.92. The van der Waals surface area contributed by atoms with E-state index in [-0.39, 0.29) is 11.9 Å². The van der Waals surface area contributed by atoms with E-state index < -0.39 is 0 Å². The van der Waals surface area contributed by atoms with Crippen LogP contribution < -0.4 is 19.5 Å². The van der Waals surface area contributed by atoms with E-state index in [4.69, 9.17) is 14.2 Å². The minimum absolute atomic E-state index is 0.0611. The number of rotatable bonds is 7. The van der Waals surface area contributed by atoms with Crippen LogP contribution in [-0.4, -0.2) is 33.3 Å². The zero-order valence-corrected chi connectivity index (χ0v) is 16.1. The Morgan fingerprint density at radius 3 is 2.31 bits per heavy atom. The molecular weight excluding hydrogens is 330 g/mol. The molecule has 1 amide bonds. The second-order valence-corrected chi connectivity index (χ2v) is 7.43. The predicted molar refractivity (Wildman–Crippen MR) is 102 cm³/mol. The molecule has 0 saturated heterocycles. The van der Waals surface area contributed by atoms with Crippen molar-refractivity contribution < 1.29 is 19.0 Å². The lowest BCUT2D eigenvalue weighted by molar-refractivity contribution is -0.117. The maximum Gasteiger partial charge on any atom is 0.244 e. The molecule has 0 radical (unpaired) electrons. The predicted octanol–water partition coefficient (Wildman–Crippen LogP) is 3.67. The number of hydrogen-bond donors (Lipinski definition) is 1. The molecule has 3 rings (SSSR count). The first kappa shape index (κ1) is 18.6. The molecule has 5 nitrogen and oxygen atoms in total. The largest absolute Gasteiger partial charge is 0.493 e. The minimum Gasteiger partial charge on any atom is -0.493 e. The summed E-state index contributed by atoms with van der Waals surface area (Å²) in [5, 5.41) is 3.14. The van der Waals surface area contributed by atoms with Crippen LogP contribution in [0, 0.1) is 17.8 Å². The number of nitrogens with one attached hydrogen (secondary N) is 1. The van der Waals surface area contributed by atoms with Gasteiger partial charge >= 0.3 is 0 Å². The molecule has 0 unspecified atom stereocenters. The first-order valence-corrected chi connectivity index (χ1v) is 9.34. The van der Waals surface area contributed by atoms with Crippen molar-refractivity contribution in [1.82, 2.24) is 5.32 Å². The molecule has 2 aliphatic carbocycles. The van der Waals surface area contributed by atoms with Gasteiger partial charge in [-0.05, 0) is 67.7 Å². The highest BCUT2D eigenvalue weighted by Crippen LogP contribution is 2.49. The van der Waals surface area contributed by atoms with Crippen molar-refractivity contribution in [3.8, 4) is 17.2 Å². The fraction of sp³-hybridized carbons (Fsp3) is 0.571. The minimum atomic E-state index is -0.0611. The van der Waals surface area contributed by atoms with E-state index in [2.05, 4.69) is 12.2 Å². The molecule has 0 aliphatic heterocycles. The number of amides is 1. The average Bonchev–Trinajstić information content (AvgIpc) is 3.28. The van der Waals surface area contributed by atoms with Gasteiger partial charge in [0.15, 0.2) is 11.5 Å². The van der Waals surface area contributed by atoms with Crippen LogP contribution in [0.15, 0.2) is 18.2 Å². The van der Waals surface area contributed by atoms with Gasteiger partial charge in [0.25, 0.3) is 0 Å². The lowest BCUT2D eigenvalue weighted by Gasteiger charge is -2.28. The van der Waals surface area contributed by atoms with Crippen molar-refractivity contribution in [3.05, 3.63) is 23.8 Å². The van der Waals surface area contributed by atoms with Crippen LogP contribution in [0.25, 0.3) is 6.08 Å². The summed E-state index contributed by atoms with van der Waals surface area (Å²) in [6, 6.07) is 3.87. The van der Waals surface area contributed by atoms with Gasteiger partial charge in [0.2, 0.25) is 11.7 Å². The second-order valence-electron chi connectivity index (χ2n) is 7.43. The van der Waals surface area contributed by atoms with Gasteiger partial charge in [-0.3, -0.25) is 4.79 Å². The molecule has 5 heteroatoms. The number of benzene rings is 1. The van der Waals surface area contributed by atoms with E-state index in [1.807, 2.05) is 12.1 Å². The summed E-state index contributed by atoms with van der Waals surface area (Å²) in [6.07, 6.45) is 8.67. The fourth-order valence-corrected chi connectivity index (χ4v) is 4.66. The normalized spacial score (nSPS) is 25.3. The number of methoxy groups -OCH3 is 3. The van der Waals surface area contributed by atoms with Crippen molar-refractivity contribution >= 4 is 12.0 Å². The van der Waals surface area contributed by atoms with E-state index in [9.17, 15) is 4.79 Å². The maximum atomic E-state index is 12.3. The van der Waals surface area contributed by atoms with Crippen LogP contribution in [0.5, 0.6) is 17.2 Å². The Labute approximate surface area is 155 Å². The quantitative estimate of drug-likeness (QED) is 0.755. The average molecular weight is 359 g/mol. The standard InChI is InChI=1S/C21H29NO4/c1-13(17-10-14-5-7-16(17)9-14)22-20(23)8-6-15-11-18(24-2)21(26-4)19(12-15)25-3/h6,8,11-14,16-17H,5,7,9-10H2,1-4H3,(H,22,23)/b8-6-/t13-,14+,16+,17+/m1/s1. The Morgan fingerprint density at radius 1 is 1.12 bits per heavy atom. The van der Waals surface area contributed by atoms with Gasteiger partial charge in [-0.15, -0.1) is 0 Å². The maximum absolute atomic E-state index is 12.3. The molecule has 1 aromatic rings. The van der Waals surface area contributed by atoms with Gasteiger partial charge in [0.05, 0.1) is 21.3 Å². The highest BCUT2D eigenvalue weighted by Gasteiger charge is 2.41. The van der Waals surface area contributed by atoms with Gasteiger partial charge in [-0.2, -0.15) is 0 Å². The second kappa shape index (κ2) is 8.02. The zero-order valence-electron chi connectivity index (χ0n) is 16.1. The summed E-state index contributed by atoms with van der Waals surface area (Å²) in [7, 11) is 4.73. The Bertz CT molecular complexity index is 660. The SMILES string of the molecule is COc1cc(/C=C\C(=O)N[C@H](C)[C@@H]2C[C@H]3CC[C@H]2C3)cc(OC)c1OC. The Morgan fingerprint density at radius 2 is 1.81 bits per heavy atom. The summed E-state index contributed by atoms with van der Waals surface area (Å²) in [5.41, 5.74) is 0.822. The lowest BCUT2D eigenvalue weighted by Crippen LogP contribution is -2.39. The van der Waals surface area contributed by atoms with Gasteiger partial charge in [-0.25, -0.2) is 0 Å². The molecule has 0 aromatic heterocycles. The summed E-state index contributed by atoms with van der Waals surface area (Å²) >= 11 is 0. The monoisotopic (exact) mass is 359 g/mol. The number of carbonyl (C=O) groups is 1. The smallest absolute Gasteiger partial charge is 0.244 e. The Balaban J connectivity index is 1.64. The van der Waals surface area contributed by atoms with E-state index in [1.54, 1.807) is 33.5 Å². The van der Waals surface area contributed by atoms with Crippen LogP contribution in [0.1, 0.15) is 38.2 Å². The van der Waals surface area contributed by atoms with E-state index in [0.29, 0.717) is 23.2 Å². The molecule has 2 fully saturated rings. The molecule has 1 aromatic carbocycles. The van der Waals surface area contributed by atoms with Gasteiger partial charge in [-0.1, -0.05) is 6.42 Å². The van der Waals surface area contributed by atoms with Crippen LogP contribution in [0.2, 0.25) is 0 Å². The fourth-order valence-electron chi connectivity index (χ4n) is 4.66. The summed E-state index contributed by atoms with van der Waals surface area (Å²) in [6.45, 7) is 2.14. The Kier molecular flexibility index (Phi) is 5.74. The molecule has 0 spiro atoms. The summed E-state index contributed by atoms with van der Waals surface area (Å²) in [5.74, 6) is 3.95. The third-order valence-corrected chi connectivity index (χ3v) is 5.92. The van der Waals surface area contributed by atoms with E-state index in [1.165, 1.54) is 25.7 Å². The van der Waals surface area contributed by atoms with E-state index in [0.717, 1.165) is 17.4 Å². The molecule has 4 atom stereocenters. The van der Waals surface area contributed by atoms with Crippen LogP contribution in [0.3, 0.4) is 0 Å². The van der Waals surface area contributed by atoms with Crippen LogP contribution >= 0.6 is 0 Å². The molecule has 1 N–H and O–H groups in total. The molecule has 142 valence electrons. The van der Waals surface area contributed by atoms with Crippen LogP contribution in [-0.2, 0) is 4.79 Å². The summed E-state index contributed by atoms with van der Waals surface area (Å²) in [4.78, 5) is 12.3. The first-order chi connectivity index (χ1) is 12.5. The zero-order chi connectivity index (χ0) is 18.7. The van der Waals surface area contributed by atoms with E-state index >= 15 is 0 Å². The molecule has 2 aliphatic rings. The molecule has 2 bridgehead atoms. The van der Waals surface area contributed by atoms with Crippen molar-refractivity contribution in [1.29, 1.82) is 0 Å². The highest BCUT2D eigenvalue weighted by atomic mass is 16.5. The van der Waals surface area contributed by atoms with Crippen molar-refractivity contribution in [2.75, 3.05) is 21.3 Å². The van der Waals surface area contributed by atoms with Crippen molar-refractivity contribution in [2.45, 2.75) is 38.6 Å². The molecule has 26 heavy (non-hydrogen) atoms. The lowest BCUT2D eigenvalue weighted by atomic mass is 9.84. The van der Waals surface area contributed by atoms with Gasteiger partial charge in [0, 0.05) is 12.1 Å². The summed E-state index contributed by atoms with van der Waals surface area (Å²) < 4.78 is 16.0. The highest BCUT2D eigenvalue weighted by molar-refractivity contribution is 5.92. The number of fused-ring (bicyclic) bond motifs is 2. The molecule has 0 heterocycles. The number of hydrogen-bond acceptors (Lipinski definition) is 4. The number of ether oxygens (including phenoxy) is 3. The van der Waals surface area contributed by atoms with Crippen LogP contribution in [0.4, 0.5) is 0 Å².